The minimum Gasteiger partial charge on any atom is -0.207 e. The van der Waals surface area contributed by atoms with Crippen LogP contribution in [0.15, 0.2) is 36.4 Å². The highest BCUT2D eigenvalue weighted by molar-refractivity contribution is 5.46. The van der Waals surface area contributed by atoms with Gasteiger partial charge in [0, 0.05) is 16.7 Å². The predicted octanol–water partition coefficient (Wildman–Crippen LogP) is 5.74. The number of hydrogen-bond donors (Lipinski definition) is 0. The Morgan fingerprint density at radius 2 is 1.38 bits per heavy atom. The molecule has 0 aliphatic rings. The number of halogens is 9. The minimum absolute atomic E-state index is 0.205. The summed E-state index contributed by atoms with van der Waals surface area (Å²) in [5.74, 6) is -3.22. The third-order valence-electron chi connectivity index (χ3n) is 3.18. The van der Waals surface area contributed by atoms with Gasteiger partial charge in [-0.05, 0) is 36.4 Å². The van der Waals surface area contributed by atoms with Crippen molar-refractivity contribution in [2.45, 2.75) is 18.5 Å². The van der Waals surface area contributed by atoms with Gasteiger partial charge in [0.15, 0.2) is 0 Å². The molecule has 0 aliphatic heterocycles. The fourth-order valence-electron chi connectivity index (χ4n) is 1.94. The molecule has 2 aromatic rings. The van der Waals surface area contributed by atoms with E-state index in [2.05, 4.69) is 11.8 Å². The van der Waals surface area contributed by atoms with Crippen LogP contribution >= 0.6 is 0 Å². The monoisotopic (exact) mass is 382 g/mol. The molecule has 0 nitrogen and oxygen atoms in total. The molecule has 0 heterocycles. The van der Waals surface area contributed by atoms with E-state index >= 15 is 0 Å². The van der Waals surface area contributed by atoms with Gasteiger partial charge in [-0.3, -0.25) is 0 Å². The number of rotatable bonds is 2. The lowest BCUT2D eigenvalue weighted by molar-refractivity contribution is -0.140. The standard InChI is InChI=1S/C17H7F9/c18-12-6-10(5-11(8-12)16(22,23)15(20)21)2-1-9-3-4-14(19)13(7-9)17(24,25)26/h3-8,15H. The van der Waals surface area contributed by atoms with Crippen LogP contribution in [0, 0.1) is 23.5 Å². The Hall–Kier alpha value is -2.63. The first-order valence-electron chi connectivity index (χ1n) is 6.77. The first-order valence-corrected chi connectivity index (χ1v) is 6.77. The van der Waals surface area contributed by atoms with Crippen LogP contribution in [0.2, 0.25) is 0 Å². The summed E-state index contributed by atoms with van der Waals surface area (Å²) in [5.41, 5.74) is -3.70. The molecule has 0 radical (unpaired) electrons. The third-order valence-corrected chi connectivity index (χ3v) is 3.18. The molecule has 0 N–H and O–H groups in total. The zero-order valence-electron chi connectivity index (χ0n) is 12.4. The van der Waals surface area contributed by atoms with E-state index in [1.54, 1.807) is 0 Å². The Balaban J connectivity index is 2.44. The molecule has 0 aliphatic carbocycles. The number of benzene rings is 2. The summed E-state index contributed by atoms with van der Waals surface area (Å²) in [7, 11) is 0. The van der Waals surface area contributed by atoms with Crippen LogP contribution in [0.3, 0.4) is 0 Å². The van der Waals surface area contributed by atoms with Gasteiger partial charge >= 0.3 is 18.5 Å². The molecule has 0 aromatic heterocycles. The van der Waals surface area contributed by atoms with Crippen LogP contribution in [0.5, 0.6) is 0 Å². The van der Waals surface area contributed by atoms with Crippen molar-refractivity contribution in [1.82, 2.24) is 0 Å². The van der Waals surface area contributed by atoms with Gasteiger partial charge in [0.1, 0.15) is 11.6 Å². The molecule has 138 valence electrons. The van der Waals surface area contributed by atoms with E-state index in [-0.39, 0.29) is 11.6 Å². The lowest BCUT2D eigenvalue weighted by atomic mass is 10.0. The highest BCUT2D eigenvalue weighted by Crippen LogP contribution is 2.35. The summed E-state index contributed by atoms with van der Waals surface area (Å²) >= 11 is 0. The van der Waals surface area contributed by atoms with Gasteiger partial charge in [-0.2, -0.15) is 22.0 Å². The highest BCUT2D eigenvalue weighted by atomic mass is 19.4. The van der Waals surface area contributed by atoms with Crippen molar-refractivity contribution in [3.05, 3.63) is 70.3 Å². The molecule has 9 heteroatoms. The Morgan fingerprint density at radius 3 is 1.96 bits per heavy atom. The summed E-state index contributed by atoms with van der Waals surface area (Å²) < 4.78 is 116. The smallest absolute Gasteiger partial charge is 0.207 e. The fourth-order valence-corrected chi connectivity index (χ4v) is 1.94. The lowest BCUT2D eigenvalue weighted by Crippen LogP contribution is -2.23. The minimum atomic E-state index is -4.98. The molecule has 0 amide bonds. The molecule has 0 fully saturated rings. The molecule has 0 unspecified atom stereocenters. The predicted molar refractivity (Wildman–Crippen MR) is 73.7 cm³/mol. The maximum absolute atomic E-state index is 13.4. The average molecular weight is 382 g/mol. The quantitative estimate of drug-likeness (QED) is 0.459. The second kappa shape index (κ2) is 6.94. The normalized spacial score (nSPS) is 12.1. The van der Waals surface area contributed by atoms with Crippen LogP contribution in [0.25, 0.3) is 0 Å². The van der Waals surface area contributed by atoms with Gasteiger partial charge in [-0.15, -0.1) is 0 Å². The van der Waals surface area contributed by atoms with Crippen molar-refractivity contribution < 1.29 is 39.5 Å². The van der Waals surface area contributed by atoms with Crippen molar-refractivity contribution in [3.8, 4) is 11.8 Å². The molecule has 0 spiro atoms. The first kappa shape index (κ1) is 19.7. The van der Waals surface area contributed by atoms with Crippen LogP contribution in [0.1, 0.15) is 22.3 Å². The fraction of sp³-hybridized carbons (Fsp3) is 0.176. The molecular weight excluding hydrogens is 375 g/mol. The Morgan fingerprint density at radius 1 is 0.769 bits per heavy atom. The van der Waals surface area contributed by atoms with E-state index in [9.17, 15) is 39.5 Å². The largest absolute Gasteiger partial charge is 0.419 e. The second-order valence-electron chi connectivity index (χ2n) is 5.09. The molecule has 2 rings (SSSR count). The SMILES string of the molecule is Fc1cc(C#Cc2ccc(F)c(C(F)(F)F)c2)cc(C(F)(F)C(F)F)c1. The summed E-state index contributed by atoms with van der Waals surface area (Å²) in [6, 6.07) is 3.14. The zero-order valence-corrected chi connectivity index (χ0v) is 12.4. The average Bonchev–Trinajstić information content (AvgIpc) is 2.52. The van der Waals surface area contributed by atoms with Crippen LogP contribution in [-0.4, -0.2) is 6.43 Å². The highest BCUT2D eigenvalue weighted by Gasteiger charge is 2.43. The molecule has 0 bridgehead atoms. The van der Waals surface area contributed by atoms with Gasteiger partial charge in [-0.25, -0.2) is 17.6 Å². The third kappa shape index (κ3) is 4.31. The zero-order chi connectivity index (χ0) is 19.7. The first-order chi connectivity index (χ1) is 11.9. The van der Waals surface area contributed by atoms with Crippen molar-refractivity contribution in [2.24, 2.45) is 0 Å². The van der Waals surface area contributed by atoms with E-state index in [1.807, 2.05) is 0 Å². The molecule has 0 atom stereocenters. The molecular formula is C17H7F9. The maximum Gasteiger partial charge on any atom is 0.419 e. The summed E-state index contributed by atoms with van der Waals surface area (Å²) in [6.45, 7) is 0. The molecule has 26 heavy (non-hydrogen) atoms. The Kier molecular flexibility index (Phi) is 5.26. The number of alkyl halides is 7. The van der Waals surface area contributed by atoms with E-state index in [0.717, 1.165) is 6.07 Å². The van der Waals surface area contributed by atoms with Gasteiger partial charge in [0.05, 0.1) is 5.56 Å². The molecule has 0 saturated heterocycles. The van der Waals surface area contributed by atoms with Crippen molar-refractivity contribution in [1.29, 1.82) is 0 Å². The van der Waals surface area contributed by atoms with Gasteiger partial charge < -0.3 is 0 Å². The summed E-state index contributed by atoms with van der Waals surface area (Å²) in [4.78, 5) is 0. The van der Waals surface area contributed by atoms with Crippen molar-refractivity contribution in [2.75, 3.05) is 0 Å². The van der Waals surface area contributed by atoms with E-state index in [1.165, 1.54) is 0 Å². The van der Waals surface area contributed by atoms with Crippen molar-refractivity contribution >= 4 is 0 Å². The molecule has 0 saturated carbocycles. The Labute approximate surface area is 141 Å². The lowest BCUT2D eigenvalue weighted by Gasteiger charge is -2.15. The van der Waals surface area contributed by atoms with Crippen LogP contribution in [0.4, 0.5) is 39.5 Å². The summed E-state index contributed by atoms with van der Waals surface area (Å²) in [5, 5.41) is 0. The molecule has 2 aromatic carbocycles. The van der Waals surface area contributed by atoms with E-state index < -0.39 is 46.8 Å². The topological polar surface area (TPSA) is 0 Å². The van der Waals surface area contributed by atoms with Gasteiger partial charge in [-0.1, -0.05) is 11.8 Å². The Bertz CT molecular complexity index is 870. The van der Waals surface area contributed by atoms with Crippen molar-refractivity contribution in [3.63, 3.8) is 0 Å². The maximum atomic E-state index is 13.4. The van der Waals surface area contributed by atoms with E-state index in [0.29, 0.717) is 24.3 Å². The van der Waals surface area contributed by atoms with Gasteiger partial charge in [0.2, 0.25) is 0 Å². The van der Waals surface area contributed by atoms with Gasteiger partial charge in [0.25, 0.3) is 0 Å². The van der Waals surface area contributed by atoms with Crippen LogP contribution < -0.4 is 0 Å². The number of hydrogen-bond acceptors (Lipinski definition) is 0. The second-order valence-corrected chi connectivity index (χ2v) is 5.09. The summed E-state index contributed by atoms with van der Waals surface area (Å²) in [6.07, 6.45) is -9.07. The van der Waals surface area contributed by atoms with E-state index in [4.69, 9.17) is 0 Å². The van der Waals surface area contributed by atoms with Crippen LogP contribution in [-0.2, 0) is 12.1 Å².